The first-order valence-electron chi connectivity index (χ1n) is 11.4. The average Bonchev–Trinajstić information content (AvgIpc) is 2.76. The number of carbonyl (C=O) groups is 2. The van der Waals surface area contributed by atoms with Gasteiger partial charge in [0.15, 0.2) is 0 Å². The van der Waals surface area contributed by atoms with E-state index in [4.69, 9.17) is 4.98 Å². The summed E-state index contributed by atoms with van der Waals surface area (Å²) >= 11 is 0. The Morgan fingerprint density at radius 1 is 1.13 bits per heavy atom. The van der Waals surface area contributed by atoms with Gasteiger partial charge in [-0.2, -0.15) is 0 Å². The number of benzene rings is 1. The van der Waals surface area contributed by atoms with E-state index in [1.54, 1.807) is 7.05 Å². The van der Waals surface area contributed by atoms with E-state index in [1.165, 1.54) is 0 Å². The fourth-order valence-electron chi connectivity index (χ4n) is 4.92. The number of likely N-dealkylation sites (N-methyl/N-ethyl adjacent to an activating group) is 1. The second-order valence-electron chi connectivity index (χ2n) is 9.98. The largest absolute Gasteiger partial charge is 0.358 e. The highest BCUT2D eigenvalue weighted by Crippen LogP contribution is 2.39. The number of aryl methyl sites for hydroxylation is 1. The second kappa shape index (κ2) is 8.58. The van der Waals surface area contributed by atoms with Gasteiger partial charge in [-0.05, 0) is 42.2 Å². The van der Waals surface area contributed by atoms with Crippen molar-refractivity contribution in [1.82, 2.24) is 20.1 Å². The minimum Gasteiger partial charge on any atom is -0.358 e. The van der Waals surface area contributed by atoms with Gasteiger partial charge in [-0.1, -0.05) is 39.0 Å². The Hall–Kier alpha value is -2.47. The molecule has 6 nitrogen and oxygen atoms in total. The third kappa shape index (κ3) is 4.45. The number of fused-ring (bicyclic) bond motifs is 2. The SMILES string of the molecule is CNC(=O)CN1CCN(C(=O)c2c3c(nc4ccccc24)CCC(C(C)(C)C)C3)CC1. The molecule has 4 rings (SSSR count). The summed E-state index contributed by atoms with van der Waals surface area (Å²) in [6.07, 6.45) is 2.96. The lowest BCUT2D eigenvalue weighted by Crippen LogP contribution is -2.51. The molecule has 0 bridgehead atoms. The molecule has 1 atom stereocenters. The van der Waals surface area contributed by atoms with Crippen molar-refractivity contribution in [3.63, 3.8) is 0 Å². The van der Waals surface area contributed by atoms with E-state index in [9.17, 15) is 9.59 Å². The molecule has 31 heavy (non-hydrogen) atoms. The number of amides is 2. The fourth-order valence-corrected chi connectivity index (χ4v) is 4.92. The molecule has 2 aromatic rings. The molecule has 6 heteroatoms. The molecule has 2 amide bonds. The van der Waals surface area contributed by atoms with Crippen LogP contribution in [0.5, 0.6) is 0 Å². The number of aromatic nitrogens is 1. The number of piperazine rings is 1. The van der Waals surface area contributed by atoms with Crippen molar-refractivity contribution < 1.29 is 9.59 Å². The van der Waals surface area contributed by atoms with E-state index in [0.29, 0.717) is 25.6 Å². The fraction of sp³-hybridized carbons (Fsp3) is 0.560. The highest BCUT2D eigenvalue weighted by atomic mass is 16.2. The lowest BCUT2D eigenvalue weighted by Gasteiger charge is -2.37. The summed E-state index contributed by atoms with van der Waals surface area (Å²) < 4.78 is 0. The van der Waals surface area contributed by atoms with E-state index < -0.39 is 0 Å². The van der Waals surface area contributed by atoms with Crippen molar-refractivity contribution in [1.29, 1.82) is 0 Å². The molecule has 1 aromatic heterocycles. The zero-order valence-corrected chi connectivity index (χ0v) is 19.2. The summed E-state index contributed by atoms with van der Waals surface area (Å²) in [6.45, 7) is 10.00. The second-order valence-corrected chi connectivity index (χ2v) is 9.98. The van der Waals surface area contributed by atoms with Crippen molar-refractivity contribution in [3.05, 3.63) is 41.1 Å². The van der Waals surface area contributed by atoms with Gasteiger partial charge in [0.1, 0.15) is 0 Å². The van der Waals surface area contributed by atoms with E-state index in [0.717, 1.165) is 60.1 Å². The van der Waals surface area contributed by atoms with Crippen molar-refractivity contribution in [3.8, 4) is 0 Å². The van der Waals surface area contributed by atoms with Crippen LogP contribution in [0.2, 0.25) is 0 Å². The zero-order chi connectivity index (χ0) is 22.2. The number of pyridine rings is 1. The number of nitrogens with one attached hydrogen (secondary N) is 1. The minimum absolute atomic E-state index is 0.0159. The topological polar surface area (TPSA) is 65.5 Å². The molecule has 1 fully saturated rings. The Bertz CT molecular complexity index is 987. The van der Waals surface area contributed by atoms with Crippen LogP contribution in [0.1, 0.15) is 48.8 Å². The first kappa shape index (κ1) is 21.8. The van der Waals surface area contributed by atoms with Gasteiger partial charge in [0, 0.05) is 44.3 Å². The maximum Gasteiger partial charge on any atom is 0.254 e. The quantitative estimate of drug-likeness (QED) is 0.826. The van der Waals surface area contributed by atoms with Gasteiger partial charge in [0.25, 0.3) is 5.91 Å². The highest BCUT2D eigenvalue weighted by Gasteiger charge is 2.34. The van der Waals surface area contributed by atoms with E-state index in [2.05, 4.69) is 31.0 Å². The molecule has 1 unspecified atom stereocenters. The van der Waals surface area contributed by atoms with E-state index in [-0.39, 0.29) is 17.2 Å². The minimum atomic E-state index is 0.0159. The average molecular weight is 423 g/mol. The Labute approximate surface area is 185 Å². The van der Waals surface area contributed by atoms with Crippen LogP contribution in [-0.2, 0) is 17.6 Å². The smallest absolute Gasteiger partial charge is 0.254 e. The lowest BCUT2D eigenvalue weighted by atomic mass is 9.70. The molecule has 0 saturated carbocycles. The van der Waals surface area contributed by atoms with Gasteiger partial charge < -0.3 is 10.2 Å². The molecule has 1 N–H and O–H groups in total. The van der Waals surface area contributed by atoms with Crippen LogP contribution >= 0.6 is 0 Å². The number of nitrogens with zero attached hydrogens (tertiary/aromatic N) is 3. The van der Waals surface area contributed by atoms with Gasteiger partial charge in [-0.3, -0.25) is 19.5 Å². The third-order valence-electron chi connectivity index (χ3n) is 7.00. The molecule has 2 heterocycles. The van der Waals surface area contributed by atoms with Crippen molar-refractivity contribution in [2.24, 2.45) is 11.3 Å². The molecule has 1 aromatic carbocycles. The normalized spacial score (nSPS) is 19.9. The molecule has 0 radical (unpaired) electrons. The molecular weight excluding hydrogens is 388 g/mol. The van der Waals surface area contributed by atoms with Gasteiger partial charge >= 0.3 is 0 Å². The van der Waals surface area contributed by atoms with Crippen molar-refractivity contribution in [2.75, 3.05) is 39.8 Å². The maximum absolute atomic E-state index is 13.8. The molecule has 1 saturated heterocycles. The Morgan fingerprint density at radius 2 is 1.84 bits per heavy atom. The number of hydrogen-bond donors (Lipinski definition) is 1. The Morgan fingerprint density at radius 3 is 2.52 bits per heavy atom. The summed E-state index contributed by atoms with van der Waals surface area (Å²) in [5.41, 5.74) is 4.23. The van der Waals surface area contributed by atoms with Crippen LogP contribution in [0.15, 0.2) is 24.3 Å². The first-order chi connectivity index (χ1) is 14.8. The molecule has 1 aliphatic carbocycles. The van der Waals surface area contributed by atoms with Crippen LogP contribution < -0.4 is 5.32 Å². The highest BCUT2D eigenvalue weighted by molar-refractivity contribution is 6.07. The Kier molecular flexibility index (Phi) is 6.02. The molecule has 0 spiro atoms. The van der Waals surface area contributed by atoms with Crippen LogP contribution in [0.4, 0.5) is 0 Å². The summed E-state index contributed by atoms with van der Waals surface area (Å²) in [5.74, 6) is 0.671. The van der Waals surface area contributed by atoms with Gasteiger partial charge in [0.2, 0.25) is 5.91 Å². The van der Waals surface area contributed by atoms with Crippen LogP contribution in [-0.4, -0.2) is 66.4 Å². The number of para-hydroxylation sites is 1. The lowest BCUT2D eigenvalue weighted by molar-refractivity contribution is -0.122. The molecule has 1 aliphatic heterocycles. The van der Waals surface area contributed by atoms with E-state index in [1.807, 2.05) is 29.2 Å². The monoisotopic (exact) mass is 422 g/mol. The molecule has 2 aliphatic rings. The van der Waals surface area contributed by atoms with Crippen LogP contribution in [0, 0.1) is 11.3 Å². The maximum atomic E-state index is 13.8. The number of hydrogen-bond acceptors (Lipinski definition) is 4. The summed E-state index contributed by atoms with van der Waals surface area (Å²) in [7, 11) is 1.66. The van der Waals surface area contributed by atoms with Crippen LogP contribution in [0.3, 0.4) is 0 Å². The van der Waals surface area contributed by atoms with Crippen molar-refractivity contribution in [2.45, 2.75) is 40.0 Å². The van der Waals surface area contributed by atoms with Crippen molar-refractivity contribution >= 4 is 22.7 Å². The molecule has 166 valence electrons. The van der Waals surface area contributed by atoms with Gasteiger partial charge in [0.05, 0.1) is 17.6 Å². The predicted octanol–water partition coefficient (Wildman–Crippen LogP) is 2.89. The Balaban J connectivity index is 1.65. The van der Waals surface area contributed by atoms with Gasteiger partial charge in [-0.25, -0.2) is 0 Å². The first-order valence-corrected chi connectivity index (χ1v) is 11.4. The standard InChI is InChI=1S/C25H34N4O2/c1-25(2,3)17-9-10-21-19(15-17)23(18-7-5-6-8-20(18)27-21)24(31)29-13-11-28(12-14-29)16-22(30)26-4/h5-8,17H,9-16H2,1-4H3,(H,26,30). The predicted molar refractivity (Wildman–Crippen MR) is 123 cm³/mol. The van der Waals surface area contributed by atoms with E-state index >= 15 is 0 Å². The van der Waals surface area contributed by atoms with Gasteiger partial charge in [-0.15, -0.1) is 0 Å². The molecular formula is C25H34N4O2. The summed E-state index contributed by atoms with van der Waals surface area (Å²) in [4.78, 5) is 34.5. The number of carbonyl (C=O) groups excluding carboxylic acids is 2. The summed E-state index contributed by atoms with van der Waals surface area (Å²) in [5, 5.41) is 3.64. The van der Waals surface area contributed by atoms with Crippen LogP contribution in [0.25, 0.3) is 10.9 Å². The number of rotatable bonds is 3. The zero-order valence-electron chi connectivity index (χ0n) is 19.2. The summed E-state index contributed by atoms with van der Waals surface area (Å²) in [6, 6.07) is 8.05. The third-order valence-corrected chi connectivity index (χ3v) is 7.00.